The van der Waals surface area contributed by atoms with Crippen molar-refractivity contribution in [1.82, 2.24) is 10.6 Å². The van der Waals surface area contributed by atoms with Gasteiger partial charge in [-0.25, -0.2) is 4.79 Å². The molecule has 2 aromatic rings. The Bertz CT molecular complexity index is 1030. The van der Waals surface area contributed by atoms with E-state index in [0.717, 1.165) is 35.1 Å². The van der Waals surface area contributed by atoms with Crippen LogP contribution in [-0.4, -0.2) is 56.0 Å². The second-order valence-corrected chi connectivity index (χ2v) is 9.31. The molecule has 0 saturated heterocycles. The number of aliphatic carboxylic acids is 1. The Labute approximate surface area is 205 Å². The molecule has 0 heterocycles. The SMILES string of the molecule is COCCC(NC(=O)OCC1c2ccccc2-c2ccccc21)C(=O)NCC1(C(=O)O)CCCC1. The van der Waals surface area contributed by atoms with Gasteiger partial charge in [-0.05, 0) is 35.1 Å². The molecule has 1 atom stereocenters. The van der Waals surface area contributed by atoms with Gasteiger partial charge in [-0.15, -0.1) is 0 Å². The number of hydrogen-bond acceptors (Lipinski definition) is 5. The summed E-state index contributed by atoms with van der Waals surface area (Å²) in [6, 6.07) is 15.2. The Kier molecular flexibility index (Phi) is 7.70. The maximum atomic E-state index is 12.9. The molecule has 2 aliphatic carbocycles. The zero-order valence-corrected chi connectivity index (χ0v) is 19.9. The van der Waals surface area contributed by atoms with Gasteiger partial charge in [0.2, 0.25) is 5.91 Å². The van der Waals surface area contributed by atoms with Gasteiger partial charge in [-0.1, -0.05) is 61.4 Å². The molecule has 2 aromatic carbocycles. The first-order valence-corrected chi connectivity index (χ1v) is 12.1. The van der Waals surface area contributed by atoms with Crippen molar-refractivity contribution in [3.8, 4) is 11.1 Å². The maximum Gasteiger partial charge on any atom is 0.407 e. The van der Waals surface area contributed by atoms with Crippen LogP contribution in [0, 0.1) is 5.41 Å². The molecule has 186 valence electrons. The summed E-state index contributed by atoms with van der Waals surface area (Å²) in [5.41, 5.74) is 3.53. The van der Waals surface area contributed by atoms with Gasteiger partial charge < -0.3 is 25.2 Å². The van der Waals surface area contributed by atoms with Gasteiger partial charge in [0.15, 0.2) is 0 Å². The van der Waals surface area contributed by atoms with E-state index < -0.39 is 29.4 Å². The summed E-state index contributed by atoms with van der Waals surface area (Å²) in [4.78, 5) is 37.3. The minimum atomic E-state index is -0.939. The van der Waals surface area contributed by atoms with E-state index in [4.69, 9.17) is 9.47 Å². The van der Waals surface area contributed by atoms with Crippen molar-refractivity contribution >= 4 is 18.0 Å². The number of carbonyl (C=O) groups is 3. The number of benzene rings is 2. The van der Waals surface area contributed by atoms with Gasteiger partial charge in [-0.3, -0.25) is 9.59 Å². The number of carboxylic acid groups (broad SMARTS) is 1. The van der Waals surface area contributed by atoms with Crippen LogP contribution in [0.5, 0.6) is 0 Å². The highest BCUT2D eigenvalue weighted by atomic mass is 16.5. The van der Waals surface area contributed by atoms with Crippen LogP contribution in [0.2, 0.25) is 0 Å². The highest BCUT2D eigenvalue weighted by Gasteiger charge is 2.42. The molecule has 8 heteroatoms. The summed E-state index contributed by atoms with van der Waals surface area (Å²) in [5.74, 6) is -1.42. The van der Waals surface area contributed by atoms with Crippen LogP contribution in [0.3, 0.4) is 0 Å². The number of nitrogens with one attached hydrogen (secondary N) is 2. The third-order valence-corrected chi connectivity index (χ3v) is 7.18. The van der Waals surface area contributed by atoms with Gasteiger partial charge in [0.05, 0.1) is 5.41 Å². The Morgan fingerprint density at radius 2 is 1.63 bits per heavy atom. The zero-order valence-electron chi connectivity index (χ0n) is 19.9. The fourth-order valence-corrected chi connectivity index (χ4v) is 5.18. The molecule has 2 amide bonds. The Balaban J connectivity index is 1.37. The zero-order chi connectivity index (χ0) is 24.8. The van der Waals surface area contributed by atoms with Crippen LogP contribution in [-0.2, 0) is 19.1 Å². The number of alkyl carbamates (subject to hydrolysis) is 1. The van der Waals surface area contributed by atoms with Crippen molar-refractivity contribution in [1.29, 1.82) is 0 Å². The number of fused-ring (bicyclic) bond motifs is 3. The lowest BCUT2D eigenvalue weighted by molar-refractivity contribution is -0.148. The molecular formula is C27H32N2O6. The predicted octanol–water partition coefficient (Wildman–Crippen LogP) is 3.69. The van der Waals surface area contributed by atoms with Gasteiger partial charge in [0, 0.05) is 32.6 Å². The van der Waals surface area contributed by atoms with Crippen molar-refractivity contribution < 1.29 is 29.0 Å². The highest BCUT2D eigenvalue weighted by molar-refractivity contribution is 5.86. The maximum absolute atomic E-state index is 12.9. The summed E-state index contributed by atoms with van der Waals surface area (Å²) < 4.78 is 10.7. The third-order valence-electron chi connectivity index (χ3n) is 7.18. The number of carbonyl (C=O) groups excluding carboxylic acids is 2. The molecule has 1 saturated carbocycles. The largest absolute Gasteiger partial charge is 0.481 e. The Hall–Kier alpha value is -3.39. The molecular weight excluding hydrogens is 448 g/mol. The van der Waals surface area contributed by atoms with Crippen LogP contribution in [0.4, 0.5) is 4.79 Å². The van der Waals surface area contributed by atoms with E-state index in [2.05, 4.69) is 22.8 Å². The normalized spacial score (nSPS) is 16.7. The molecule has 1 fully saturated rings. The van der Waals surface area contributed by atoms with Crippen LogP contribution in [0.25, 0.3) is 11.1 Å². The summed E-state index contributed by atoms with van der Waals surface area (Å²) in [7, 11) is 1.51. The Morgan fingerprint density at radius 3 is 2.20 bits per heavy atom. The summed E-state index contributed by atoms with van der Waals surface area (Å²) >= 11 is 0. The average Bonchev–Trinajstić information content (AvgIpc) is 3.48. The predicted molar refractivity (Wildman–Crippen MR) is 130 cm³/mol. The van der Waals surface area contributed by atoms with Crippen molar-refractivity contribution in [2.24, 2.45) is 5.41 Å². The van der Waals surface area contributed by atoms with Gasteiger partial charge in [-0.2, -0.15) is 0 Å². The number of ether oxygens (including phenoxy) is 2. The number of rotatable bonds is 10. The van der Waals surface area contributed by atoms with E-state index in [1.807, 2.05) is 36.4 Å². The van der Waals surface area contributed by atoms with Gasteiger partial charge in [0.1, 0.15) is 12.6 Å². The standard InChI is InChI=1S/C27H32N2O6/c1-34-15-12-23(24(30)28-17-27(25(31)32)13-6-7-14-27)29-26(33)35-16-22-20-10-4-2-8-18(20)19-9-3-5-11-21(19)22/h2-5,8-11,22-23H,6-7,12-17H2,1H3,(H,28,30)(H,29,33)(H,31,32). The molecule has 2 aliphatic rings. The minimum Gasteiger partial charge on any atom is -0.481 e. The lowest BCUT2D eigenvalue weighted by Gasteiger charge is -2.26. The molecule has 1 unspecified atom stereocenters. The first-order valence-electron chi connectivity index (χ1n) is 12.1. The van der Waals surface area contributed by atoms with E-state index in [-0.39, 0.29) is 32.1 Å². The number of carboxylic acids is 1. The van der Waals surface area contributed by atoms with Gasteiger partial charge in [0.25, 0.3) is 0 Å². The quantitative estimate of drug-likeness (QED) is 0.478. The fraction of sp³-hybridized carbons (Fsp3) is 0.444. The van der Waals surface area contributed by atoms with Crippen molar-refractivity contribution in [2.75, 3.05) is 26.9 Å². The molecule has 3 N–H and O–H groups in total. The molecule has 35 heavy (non-hydrogen) atoms. The lowest BCUT2D eigenvalue weighted by Crippen LogP contribution is -2.50. The second-order valence-electron chi connectivity index (χ2n) is 9.31. The van der Waals surface area contributed by atoms with E-state index in [0.29, 0.717) is 12.8 Å². The fourth-order valence-electron chi connectivity index (χ4n) is 5.18. The molecule has 0 aromatic heterocycles. The van der Waals surface area contributed by atoms with Crippen molar-refractivity contribution in [3.05, 3.63) is 59.7 Å². The molecule has 0 spiro atoms. The first-order chi connectivity index (χ1) is 16.9. The van der Waals surface area contributed by atoms with E-state index >= 15 is 0 Å². The molecule has 8 nitrogen and oxygen atoms in total. The van der Waals surface area contributed by atoms with E-state index in [1.165, 1.54) is 7.11 Å². The topological polar surface area (TPSA) is 114 Å². The average molecular weight is 481 g/mol. The van der Waals surface area contributed by atoms with Gasteiger partial charge >= 0.3 is 12.1 Å². The smallest absolute Gasteiger partial charge is 0.407 e. The van der Waals surface area contributed by atoms with Crippen molar-refractivity contribution in [3.63, 3.8) is 0 Å². The lowest BCUT2D eigenvalue weighted by atomic mass is 9.86. The highest BCUT2D eigenvalue weighted by Crippen LogP contribution is 2.44. The van der Waals surface area contributed by atoms with Crippen molar-refractivity contribution in [2.45, 2.75) is 44.1 Å². The summed E-state index contributed by atoms with van der Waals surface area (Å²) in [5, 5.41) is 15.0. The third kappa shape index (κ3) is 5.32. The molecule has 0 radical (unpaired) electrons. The van der Waals surface area contributed by atoms with Crippen LogP contribution in [0.1, 0.15) is 49.1 Å². The van der Waals surface area contributed by atoms with Crippen LogP contribution < -0.4 is 10.6 Å². The number of methoxy groups -OCH3 is 1. The minimum absolute atomic E-state index is 0.0387. The van der Waals surface area contributed by atoms with Crippen LogP contribution >= 0.6 is 0 Å². The second kappa shape index (κ2) is 10.9. The molecule has 4 rings (SSSR count). The molecule has 0 bridgehead atoms. The van der Waals surface area contributed by atoms with E-state index in [1.54, 1.807) is 0 Å². The van der Waals surface area contributed by atoms with E-state index in [9.17, 15) is 19.5 Å². The number of hydrogen-bond donors (Lipinski definition) is 3. The first kappa shape index (κ1) is 24.7. The summed E-state index contributed by atoms with van der Waals surface area (Å²) in [6.45, 7) is 0.434. The number of amides is 2. The Morgan fingerprint density at radius 1 is 1.03 bits per heavy atom. The monoisotopic (exact) mass is 480 g/mol. The summed E-state index contributed by atoms with van der Waals surface area (Å²) in [6.07, 6.45) is 2.26. The molecule has 0 aliphatic heterocycles. The van der Waals surface area contributed by atoms with Crippen LogP contribution in [0.15, 0.2) is 48.5 Å².